The molecule has 0 amide bonds. The second-order valence-electron chi connectivity index (χ2n) is 5.47. The molecule has 1 nitrogen and oxygen atoms in total. The van der Waals surface area contributed by atoms with Gasteiger partial charge >= 0.3 is 0 Å². The summed E-state index contributed by atoms with van der Waals surface area (Å²) in [7, 11) is 0. The van der Waals surface area contributed by atoms with E-state index < -0.39 is 11.6 Å². The SMILES string of the molecule is CC1(C)C=C(C(=O)c2ccc(F)cc2F)CCC1. The van der Waals surface area contributed by atoms with Gasteiger partial charge in [0.25, 0.3) is 0 Å². The highest BCUT2D eigenvalue weighted by atomic mass is 19.1. The van der Waals surface area contributed by atoms with Crippen LogP contribution < -0.4 is 0 Å². The van der Waals surface area contributed by atoms with Crippen LogP contribution in [0.25, 0.3) is 0 Å². The number of hydrogen-bond acceptors (Lipinski definition) is 1. The highest BCUT2D eigenvalue weighted by Gasteiger charge is 2.25. The molecule has 1 aromatic carbocycles. The second kappa shape index (κ2) is 4.63. The molecule has 96 valence electrons. The summed E-state index contributed by atoms with van der Waals surface area (Å²) in [5.41, 5.74) is 0.567. The number of hydrogen-bond donors (Lipinski definition) is 0. The Hall–Kier alpha value is -1.51. The monoisotopic (exact) mass is 250 g/mol. The highest BCUT2D eigenvalue weighted by molar-refractivity contribution is 6.09. The van der Waals surface area contributed by atoms with Crippen molar-refractivity contribution in [2.45, 2.75) is 33.1 Å². The minimum absolute atomic E-state index is 0.0280. The summed E-state index contributed by atoms with van der Waals surface area (Å²) in [6.07, 6.45) is 4.53. The van der Waals surface area contributed by atoms with Gasteiger partial charge in [-0.05, 0) is 42.4 Å². The molecule has 1 aliphatic rings. The molecule has 3 heteroatoms. The highest BCUT2D eigenvalue weighted by Crippen LogP contribution is 2.34. The smallest absolute Gasteiger partial charge is 0.191 e. The topological polar surface area (TPSA) is 17.1 Å². The molecule has 0 bridgehead atoms. The second-order valence-corrected chi connectivity index (χ2v) is 5.47. The van der Waals surface area contributed by atoms with E-state index in [4.69, 9.17) is 0 Å². The van der Waals surface area contributed by atoms with Crippen LogP contribution >= 0.6 is 0 Å². The van der Waals surface area contributed by atoms with Gasteiger partial charge in [0.1, 0.15) is 11.6 Å². The van der Waals surface area contributed by atoms with Gasteiger partial charge in [-0.1, -0.05) is 19.9 Å². The van der Waals surface area contributed by atoms with Crippen molar-refractivity contribution in [1.29, 1.82) is 0 Å². The molecular formula is C15H16F2O. The molecule has 0 fully saturated rings. The molecule has 1 aromatic rings. The summed E-state index contributed by atoms with van der Waals surface area (Å²) >= 11 is 0. The molecule has 0 aromatic heterocycles. The van der Waals surface area contributed by atoms with Crippen molar-refractivity contribution in [2.75, 3.05) is 0 Å². The predicted octanol–water partition coefficient (Wildman–Crippen LogP) is 4.28. The number of Topliss-reactive ketones (excluding diaryl/α,β-unsaturated/α-hetero) is 1. The lowest BCUT2D eigenvalue weighted by Crippen LogP contribution is -2.18. The maximum absolute atomic E-state index is 13.6. The van der Waals surface area contributed by atoms with Crippen molar-refractivity contribution in [3.63, 3.8) is 0 Å². The summed E-state index contributed by atoms with van der Waals surface area (Å²) in [5, 5.41) is 0. The van der Waals surface area contributed by atoms with Gasteiger partial charge in [0.15, 0.2) is 5.78 Å². The van der Waals surface area contributed by atoms with E-state index in [1.807, 2.05) is 6.08 Å². The predicted molar refractivity (Wildman–Crippen MR) is 66.4 cm³/mol. The van der Waals surface area contributed by atoms with Crippen LogP contribution in [0.5, 0.6) is 0 Å². The summed E-state index contributed by atoms with van der Waals surface area (Å²) in [6.45, 7) is 4.11. The van der Waals surface area contributed by atoms with Crippen LogP contribution in [0.4, 0.5) is 8.78 Å². The number of ketones is 1. The largest absolute Gasteiger partial charge is 0.289 e. The first kappa shape index (κ1) is 12.9. The van der Waals surface area contributed by atoms with Gasteiger partial charge in [-0.2, -0.15) is 0 Å². The van der Waals surface area contributed by atoms with E-state index in [1.165, 1.54) is 6.07 Å². The van der Waals surface area contributed by atoms with Crippen LogP contribution in [0.2, 0.25) is 0 Å². The van der Waals surface area contributed by atoms with Gasteiger partial charge in [-0.15, -0.1) is 0 Å². The molecule has 0 N–H and O–H groups in total. The number of carbonyl (C=O) groups excluding carboxylic acids is 1. The molecule has 0 atom stereocenters. The van der Waals surface area contributed by atoms with Crippen molar-refractivity contribution in [3.8, 4) is 0 Å². The van der Waals surface area contributed by atoms with Gasteiger partial charge in [0.05, 0.1) is 5.56 Å². The Balaban J connectivity index is 2.34. The van der Waals surface area contributed by atoms with Gasteiger partial charge < -0.3 is 0 Å². The molecule has 0 saturated heterocycles. The molecule has 0 heterocycles. The van der Waals surface area contributed by atoms with E-state index in [0.717, 1.165) is 25.0 Å². The summed E-state index contributed by atoms with van der Waals surface area (Å²) in [4.78, 5) is 12.2. The lowest BCUT2D eigenvalue weighted by molar-refractivity contribution is 0.102. The van der Waals surface area contributed by atoms with Crippen molar-refractivity contribution < 1.29 is 13.6 Å². The first-order valence-electron chi connectivity index (χ1n) is 6.10. The Labute approximate surface area is 106 Å². The number of carbonyl (C=O) groups is 1. The number of rotatable bonds is 2. The molecule has 2 rings (SSSR count). The molecule has 0 unspecified atom stereocenters. The van der Waals surface area contributed by atoms with Crippen LogP contribution in [-0.4, -0.2) is 5.78 Å². The van der Waals surface area contributed by atoms with E-state index >= 15 is 0 Å². The van der Waals surface area contributed by atoms with Crippen molar-refractivity contribution >= 4 is 5.78 Å². The lowest BCUT2D eigenvalue weighted by Gasteiger charge is -2.26. The molecule has 1 aliphatic carbocycles. The normalized spacial score (nSPS) is 18.3. The summed E-state index contributed by atoms with van der Waals surface area (Å²) < 4.78 is 26.4. The number of halogens is 2. The van der Waals surface area contributed by atoms with Gasteiger partial charge in [-0.25, -0.2) is 8.78 Å². The fourth-order valence-electron chi connectivity index (χ4n) is 2.38. The first-order chi connectivity index (χ1) is 8.39. The van der Waals surface area contributed by atoms with Crippen molar-refractivity contribution in [1.82, 2.24) is 0 Å². The number of allylic oxidation sites excluding steroid dienone is 2. The van der Waals surface area contributed by atoms with E-state index in [-0.39, 0.29) is 16.8 Å². The van der Waals surface area contributed by atoms with E-state index in [0.29, 0.717) is 12.0 Å². The Morgan fingerprint density at radius 1 is 1.28 bits per heavy atom. The van der Waals surface area contributed by atoms with Crippen LogP contribution in [0.15, 0.2) is 29.8 Å². The third kappa shape index (κ3) is 2.66. The first-order valence-corrected chi connectivity index (χ1v) is 6.10. The molecule has 18 heavy (non-hydrogen) atoms. The van der Waals surface area contributed by atoms with Crippen LogP contribution in [-0.2, 0) is 0 Å². The van der Waals surface area contributed by atoms with E-state index in [9.17, 15) is 13.6 Å². The maximum Gasteiger partial charge on any atom is 0.191 e. The van der Waals surface area contributed by atoms with Crippen molar-refractivity contribution in [3.05, 3.63) is 47.0 Å². The molecule has 0 radical (unpaired) electrons. The van der Waals surface area contributed by atoms with Crippen LogP contribution in [0.3, 0.4) is 0 Å². The maximum atomic E-state index is 13.6. The Kier molecular flexibility index (Phi) is 3.33. The molecule has 0 saturated carbocycles. The Morgan fingerprint density at radius 2 is 2.00 bits per heavy atom. The third-order valence-corrected chi connectivity index (χ3v) is 3.30. The minimum Gasteiger partial charge on any atom is -0.289 e. The quantitative estimate of drug-likeness (QED) is 0.716. The van der Waals surface area contributed by atoms with E-state index in [1.54, 1.807) is 0 Å². The molecule has 0 aliphatic heterocycles. The van der Waals surface area contributed by atoms with Crippen LogP contribution in [0.1, 0.15) is 43.5 Å². The summed E-state index contributed by atoms with van der Waals surface area (Å²) in [6, 6.07) is 3.09. The fourth-order valence-corrected chi connectivity index (χ4v) is 2.38. The van der Waals surface area contributed by atoms with Gasteiger partial charge in [-0.3, -0.25) is 4.79 Å². The Bertz CT molecular complexity index is 515. The minimum atomic E-state index is -0.788. The number of benzene rings is 1. The zero-order valence-electron chi connectivity index (χ0n) is 10.6. The van der Waals surface area contributed by atoms with Crippen LogP contribution in [0, 0.1) is 17.0 Å². The fraction of sp³-hybridized carbons (Fsp3) is 0.400. The molecule has 0 spiro atoms. The average molecular weight is 250 g/mol. The van der Waals surface area contributed by atoms with Gasteiger partial charge in [0.2, 0.25) is 0 Å². The lowest BCUT2D eigenvalue weighted by atomic mass is 9.78. The third-order valence-electron chi connectivity index (χ3n) is 3.30. The zero-order chi connectivity index (χ0) is 13.3. The van der Waals surface area contributed by atoms with Crippen molar-refractivity contribution in [2.24, 2.45) is 5.41 Å². The molecular weight excluding hydrogens is 234 g/mol. The standard InChI is InChI=1S/C15H16F2O/c1-15(2)7-3-4-10(9-15)14(18)12-6-5-11(16)8-13(12)17/h5-6,8-9H,3-4,7H2,1-2H3. The average Bonchev–Trinajstić information content (AvgIpc) is 2.27. The van der Waals surface area contributed by atoms with Gasteiger partial charge in [0, 0.05) is 6.07 Å². The van der Waals surface area contributed by atoms with E-state index in [2.05, 4.69) is 13.8 Å². The summed E-state index contributed by atoms with van der Waals surface area (Å²) in [5.74, 6) is -1.77. The Morgan fingerprint density at radius 3 is 2.61 bits per heavy atom. The zero-order valence-corrected chi connectivity index (χ0v) is 10.6.